The molecule has 0 spiro atoms. The van der Waals surface area contributed by atoms with Gasteiger partial charge in [0.2, 0.25) is 11.2 Å². The van der Waals surface area contributed by atoms with Crippen molar-refractivity contribution >= 4 is 56.1 Å². The molecule has 0 saturated carbocycles. The Hall–Kier alpha value is -3.00. The summed E-state index contributed by atoms with van der Waals surface area (Å²) in [6, 6.07) is 14.3. The molecule has 3 aromatic carbocycles. The first-order chi connectivity index (χ1) is 15.8. The molecular weight excluding hydrogens is 535 g/mol. The smallest absolute Gasteiger partial charge is 0.345 e. The molecule has 0 fully saturated rings. The van der Waals surface area contributed by atoms with Crippen LogP contribution < -0.4 is 19.6 Å². The Morgan fingerprint density at radius 1 is 0.970 bits per heavy atom. The lowest BCUT2D eigenvalue weighted by molar-refractivity contribution is 0.0731. The van der Waals surface area contributed by atoms with Crippen molar-refractivity contribution in [2.45, 2.75) is 0 Å². The molecule has 4 rings (SSSR count). The lowest BCUT2D eigenvalue weighted by Gasteiger charge is -2.14. The fraction of sp³-hybridized carbons (Fsp3) is 0.0833. The van der Waals surface area contributed by atoms with Crippen LogP contribution in [0.5, 0.6) is 17.2 Å². The normalized spacial score (nSPS) is 10.8. The van der Waals surface area contributed by atoms with Gasteiger partial charge in [-0.1, -0.05) is 35.3 Å². The Labute approximate surface area is 206 Å². The van der Waals surface area contributed by atoms with Crippen molar-refractivity contribution in [3.63, 3.8) is 0 Å². The molecule has 0 aliphatic carbocycles. The molecule has 33 heavy (non-hydrogen) atoms. The maximum Gasteiger partial charge on any atom is 0.345 e. The van der Waals surface area contributed by atoms with Crippen LogP contribution in [-0.4, -0.2) is 20.2 Å². The summed E-state index contributed by atoms with van der Waals surface area (Å²) in [6.07, 6.45) is 0. The topological polar surface area (TPSA) is 75.0 Å². The molecule has 1 heterocycles. The SMILES string of the molecule is COc1cc(-c2oc3ccccc3c(=O)c2OC(=O)c2ccc(Cl)cc2Cl)cc(Br)c1OC. The lowest BCUT2D eigenvalue weighted by atomic mass is 10.1. The highest BCUT2D eigenvalue weighted by Gasteiger charge is 2.24. The highest BCUT2D eigenvalue weighted by molar-refractivity contribution is 9.10. The summed E-state index contributed by atoms with van der Waals surface area (Å²) in [5.41, 5.74) is 0.282. The number of hydrogen-bond acceptors (Lipinski definition) is 6. The van der Waals surface area contributed by atoms with Crippen molar-refractivity contribution in [2.75, 3.05) is 14.2 Å². The lowest BCUT2D eigenvalue weighted by Crippen LogP contribution is -2.16. The fourth-order valence-corrected chi connectivity index (χ4v) is 4.35. The van der Waals surface area contributed by atoms with Gasteiger partial charge in [0.1, 0.15) is 5.58 Å². The van der Waals surface area contributed by atoms with Gasteiger partial charge in [0.15, 0.2) is 17.3 Å². The summed E-state index contributed by atoms with van der Waals surface area (Å²) in [6.45, 7) is 0. The Balaban J connectivity index is 1.93. The number of methoxy groups -OCH3 is 2. The monoisotopic (exact) mass is 548 g/mol. The van der Waals surface area contributed by atoms with E-state index in [4.69, 9.17) is 41.8 Å². The van der Waals surface area contributed by atoms with Crippen LogP contribution in [0.3, 0.4) is 0 Å². The summed E-state index contributed by atoms with van der Waals surface area (Å²) >= 11 is 15.5. The van der Waals surface area contributed by atoms with Crippen molar-refractivity contribution in [3.05, 3.63) is 84.9 Å². The number of rotatable bonds is 5. The standard InChI is InChI=1S/C24H15BrCl2O6/c1-30-19-10-12(9-16(25)22(19)31-2)21-23(20(28)15-5-3-4-6-18(15)32-21)33-24(29)14-8-7-13(26)11-17(14)27/h3-11H,1-2H3. The number of benzene rings is 3. The fourth-order valence-electron chi connectivity index (χ4n) is 3.26. The summed E-state index contributed by atoms with van der Waals surface area (Å²) in [5.74, 6) is -0.241. The third-order valence-corrected chi connectivity index (χ3v) is 5.93. The number of hydrogen-bond donors (Lipinski definition) is 0. The van der Waals surface area contributed by atoms with E-state index in [0.717, 1.165) is 0 Å². The van der Waals surface area contributed by atoms with Gasteiger partial charge in [0.25, 0.3) is 0 Å². The van der Waals surface area contributed by atoms with E-state index in [2.05, 4.69) is 15.9 Å². The van der Waals surface area contributed by atoms with Crippen molar-refractivity contribution in [3.8, 4) is 28.6 Å². The van der Waals surface area contributed by atoms with E-state index in [1.807, 2.05) is 0 Å². The van der Waals surface area contributed by atoms with Crippen LogP contribution in [0, 0.1) is 0 Å². The van der Waals surface area contributed by atoms with Gasteiger partial charge in [-0.25, -0.2) is 4.79 Å². The summed E-state index contributed by atoms with van der Waals surface area (Å²) in [7, 11) is 2.98. The second-order valence-corrected chi connectivity index (χ2v) is 8.49. The van der Waals surface area contributed by atoms with Crippen LogP contribution in [-0.2, 0) is 0 Å². The molecule has 6 nitrogen and oxygen atoms in total. The highest BCUT2D eigenvalue weighted by atomic mass is 79.9. The zero-order valence-corrected chi connectivity index (χ0v) is 20.4. The molecule has 4 aromatic rings. The highest BCUT2D eigenvalue weighted by Crippen LogP contribution is 2.42. The molecule has 0 aliphatic rings. The summed E-state index contributed by atoms with van der Waals surface area (Å²) in [4.78, 5) is 26.3. The van der Waals surface area contributed by atoms with Crippen molar-refractivity contribution in [1.29, 1.82) is 0 Å². The molecule has 0 bridgehead atoms. The minimum absolute atomic E-state index is 0.0405. The van der Waals surface area contributed by atoms with Crippen LogP contribution >= 0.6 is 39.1 Å². The molecular formula is C24H15BrCl2O6. The van der Waals surface area contributed by atoms with Gasteiger partial charge in [0.05, 0.1) is 34.7 Å². The Bertz CT molecular complexity index is 1450. The van der Waals surface area contributed by atoms with Crippen LogP contribution in [0.1, 0.15) is 10.4 Å². The van der Waals surface area contributed by atoms with Gasteiger partial charge in [-0.15, -0.1) is 0 Å². The zero-order valence-electron chi connectivity index (χ0n) is 17.3. The molecule has 0 saturated heterocycles. The first kappa shape index (κ1) is 23.2. The number of halogens is 3. The quantitative estimate of drug-likeness (QED) is 0.256. The average molecular weight is 550 g/mol. The Morgan fingerprint density at radius 3 is 2.42 bits per heavy atom. The average Bonchev–Trinajstić information content (AvgIpc) is 2.80. The number of fused-ring (bicyclic) bond motifs is 1. The minimum Gasteiger partial charge on any atom is -0.493 e. The predicted octanol–water partition coefficient (Wildman–Crippen LogP) is 6.77. The molecule has 0 unspecified atom stereocenters. The summed E-state index contributed by atoms with van der Waals surface area (Å²) < 4.78 is 22.9. The third-order valence-electron chi connectivity index (χ3n) is 4.80. The van der Waals surface area contributed by atoms with Crippen molar-refractivity contribution in [2.24, 2.45) is 0 Å². The second-order valence-electron chi connectivity index (χ2n) is 6.79. The number of carbonyl (C=O) groups excluding carboxylic acids is 1. The predicted molar refractivity (Wildman–Crippen MR) is 130 cm³/mol. The molecule has 1 aromatic heterocycles. The van der Waals surface area contributed by atoms with Crippen LogP contribution in [0.4, 0.5) is 0 Å². The second kappa shape index (κ2) is 9.47. The van der Waals surface area contributed by atoms with Gasteiger partial charge in [0, 0.05) is 10.6 Å². The molecule has 9 heteroatoms. The van der Waals surface area contributed by atoms with Crippen molar-refractivity contribution in [1.82, 2.24) is 0 Å². The third kappa shape index (κ3) is 4.44. The van der Waals surface area contributed by atoms with Crippen LogP contribution in [0.2, 0.25) is 10.0 Å². The van der Waals surface area contributed by atoms with E-state index >= 15 is 0 Å². The Kier molecular flexibility index (Phi) is 6.65. The largest absolute Gasteiger partial charge is 0.493 e. The Morgan fingerprint density at radius 2 is 1.73 bits per heavy atom. The zero-order chi connectivity index (χ0) is 23.7. The van der Waals surface area contributed by atoms with E-state index in [0.29, 0.717) is 32.1 Å². The van der Waals surface area contributed by atoms with Crippen molar-refractivity contribution < 1.29 is 23.4 Å². The van der Waals surface area contributed by atoms with Gasteiger partial charge in [-0.05, 0) is 58.4 Å². The molecule has 0 N–H and O–H groups in total. The van der Waals surface area contributed by atoms with Gasteiger partial charge in [-0.3, -0.25) is 4.79 Å². The number of ether oxygens (including phenoxy) is 3. The van der Waals surface area contributed by atoms with Gasteiger partial charge >= 0.3 is 5.97 Å². The molecule has 0 radical (unpaired) electrons. The number of para-hydroxylation sites is 1. The van der Waals surface area contributed by atoms with E-state index in [1.165, 1.54) is 32.4 Å². The number of esters is 1. The van der Waals surface area contributed by atoms with E-state index in [-0.39, 0.29) is 27.5 Å². The maximum atomic E-state index is 13.3. The van der Waals surface area contributed by atoms with Gasteiger partial charge < -0.3 is 18.6 Å². The van der Waals surface area contributed by atoms with Crippen LogP contribution in [0.25, 0.3) is 22.3 Å². The molecule has 0 amide bonds. The summed E-state index contributed by atoms with van der Waals surface area (Å²) in [5, 5.41) is 0.705. The molecule has 0 atom stereocenters. The number of carbonyl (C=O) groups is 1. The minimum atomic E-state index is -0.833. The first-order valence-electron chi connectivity index (χ1n) is 9.49. The van der Waals surface area contributed by atoms with E-state index < -0.39 is 11.4 Å². The first-order valence-corrected chi connectivity index (χ1v) is 11.0. The van der Waals surface area contributed by atoms with E-state index in [1.54, 1.807) is 36.4 Å². The molecule has 0 aliphatic heterocycles. The van der Waals surface area contributed by atoms with Gasteiger partial charge in [-0.2, -0.15) is 0 Å². The van der Waals surface area contributed by atoms with E-state index in [9.17, 15) is 9.59 Å². The molecule has 168 valence electrons. The van der Waals surface area contributed by atoms with Crippen LogP contribution in [0.15, 0.2) is 68.3 Å². The maximum absolute atomic E-state index is 13.3.